The molecule has 0 radical (unpaired) electrons. The van der Waals surface area contributed by atoms with E-state index < -0.39 is 0 Å². The van der Waals surface area contributed by atoms with Gasteiger partial charge < -0.3 is 15.4 Å². The fourth-order valence-electron chi connectivity index (χ4n) is 3.00. The highest BCUT2D eigenvalue weighted by atomic mass is 79.9. The summed E-state index contributed by atoms with van der Waals surface area (Å²) in [5, 5.41) is 6.83. The zero-order chi connectivity index (χ0) is 17.6. The monoisotopic (exact) mass is 395 g/mol. The third-order valence-electron chi connectivity index (χ3n) is 4.28. The molecule has 1 saturated heterocycles. The molecule has 2 rings (SSSR count). The van der Waals surface area contributed by atoms with Crippen LogP contribution in [-0.2, 0) is 10.2 Å². The van der Waals surface area contributed by atoms with Crippen molar-refractivity contribution >= 4 is 21.9 Å². The number of nitrogens with zero attached hydrogens (tertiary/aromatic N) is 1. The summed E-state index contributed by atoms with van der Waals surface area (Å²) in [4.78, 5) is 4.92. The molecule has 0 saturated carbocycles. The maximum atomic E-state index is 5.62. The third kappa shape index (κ3) is 5.49. The second kappa shape index (κ2) is 8.34. The van der Waals surface area contributed by atoms with E-state index in [1.165, 1.54) is 5.56 Å². The summed E-state index contributed by atoms with van der Waals surface area (Å²) < 4.78 is 6.73. The van der Waals surface area contributed by atoms with E-state index in [1.54, 1.807) is 0 Å². The molecule has 0 spiro atoms. The van der Waals surface area contributed by atoms with Gasteiger partial charge in [0.05, 0.1) is 6.54 Å². The van der Waals surface area contributed by atoms with Gasteiger partial charge in [0.15, 0.2) is 5.96 Å². The summed E-state index contributed by atoms with van der Waals surface area (Å²) in [6.45, 7) is 11.8. The highest BCUT2D eigenvalue weighted by Gasteiger charge is 2.34. The topological polar surface area (TPSA) is 45.7 Å². The van der Waals surface area contributed by atoms with E-state index in [0.717, 1.165) is 49.6 Å². The lowest BCUT2D eigenvalue weighted by Crippen LogP contribution is -2.48. The van der Waals surface area contributed by atoms with Gasteiger partial charge in [-0.1, -0.05) is 28.1 Å². The highest BCUT2D eigenvalue weighted by Crippen LogP contribution is 2.35. The Kier molecular flexibility index (Phi) is 6.70. The number of nitrogens with one attached hydrogen (secondary N) is 2. The van der Waals surface area contributed by atoms with Crippen LogP contribution in [0, 0.1) is 0 Å². The van der Waals surface area contributed by atoms with Crippen molar-refractivity contribution in [2.45, 2.75) is 51.5 Å². The molecule has 0 aromatic heterocycles. The Bertz CT molecular complexity index is 543. The summed E-state index contributed by atoms with van der Waals surface area (Å²) in [5.41, 5.74) is 1.39. The van der Waals surface area contributed by atoms with Gasteiger partial charge in [-0.05, 0) is 58.2 Å². The van der Waals surface area contributed by atoms with Gasteiger partial charge in [-0.2, -0.15) is 0 Å². The number of guanidine groups is 1. The molecule has 1 aromatic rings. The van der Waals surface area contributed by atoms with Crippen molar-refractivity contribution in [3.8, 4) is 0 Å². The van der Waals surface area contributed by atoms with Crippen LogP contribution in [0.25, 0.3) is 0 Å². The third-order valence-corrected chi connectivity index (χ3v) is 4.81. The van der Waals surface area contributed by atoms with Crippen molar-refractivity contribution in [1.82, 2.24) is 10.6 Å². The zero-order valence-corrected chi connectivity index (χ0v) is 16.9. The molecule has 0 unspecified atom stereocenters. The molecule has 0 atom stereocenters. The Morgan fingerprint density at radius 2 is 1.83 bits per heavy atom. The lowest BCUT2D eigenvalue weighted by Gasteiger charge is -2.37. The van der Waals surface area contributed by atoms with Crippen LogP contribution in [0.4, 0.5) is 0 Å². The lowest BCUT2D eigenvalue weighted by molar-refractivity contribution is 0.0531. The summed E-state index contributed by atoms with van der Waals surface area (Å²) >= 11 is 3.53. The Labute approximate surface area is 154 Å². The fraction of sp³-hybridized carbons (Fsp3) is 0.632. The van der Waals surface area contributed by atoms with Crippen molar-refractivity contribution in [3.05, 3.63) is 34.3 Å². The summed E-state index contributed by atoms with van der Waals surface area (Å²) in [7, 11) is 0. The second-order valence-electron chi connectivity index (χ2n) is 7.47. The van der Waals surface area contributed by atoms with E-state index >= 15 is 0 Å². The van der Waals surface area contributed by atoms with Gasteiger partial charge in [0.1, 0.15) is 0 Å². The van der Waals surface area contributed by atoms with Crippen molar-refractivity contribution < 1.29 is 4.74 Å². The zero-order valence-electron chi connectivity index (χ0n) is 15.3. The molecular weight excluding hydrogens is 366 g/mol. The van der Waals surface area contributed by atoms with Gasteiger partial charge >= 0.3 is 0 Å². The first-order valence-corrected chi connectivity index (χ1v) is 9.54. The van der Waals surface area contributed by atoms with E-state index in [-0.39, 0.29) is 11.0 Å². The molecule has 0 aliphatic carbocycles. The second-order valence-corrected chi connectivity index (χ2v) is 8.39. The minimum Gasteiger partial charge on any atom is -0.381 e. The Morgan fingerprint density at radius 1 is 1.21 bits per heavy atom. The molecule has 5 heteroatoms. The van der Waals surface area contributed by atoms with Gasteiger partial charge in [0.25, 0.3) is 0 Å². The minimum absolute atomic E-state index is 0.0124. The first-order valence-electron chi connectivity index (χ1n) is 8.75. The van der Waals surface area contributed by atoms with Gasteiger partial charge in [-0.3, -0.25) is 4.99 Å². The smallest absolute Gasteiger partial charge is 0.191 e. The van der Waals surface area contributed by atoms with E-state index in [4.69, 9.17) is 9.73 Å². The molecule has 1 aliphatic heterocycles. The molecule has 24 heavy (non-hydrogen) atoms. The van der Waals surface area contributed by atoms with Gasteiger partial charge in [-0.25, -0.2) is 0 Å². The van der Waals surface area contributed by atoms with Crippen molar-refractivity contribution in [2.75, 3.05) is 26.3 Å². The van der Waals surface area contributed by atoms with Gasteiger partial charge in [-0.15, -0.1) is 0 Å². The van der Waals surface area contributed by atoms with Crippen LogP contribution in [-0.4, -0.2) is 37.8 Å². The van der Waals surface area contributed by atoms with E-state index in [1.807, 2.05) is 0 Å². The van der Waals surface area contributed by atoms with E-state index in [9.17, 15) is 0 Å². The number of ether oxygens (including phenoxy) is 1. The van der Waals surface area contributed by atoms with E-state index in [2.05, 4.69) is 78.5 Å². The summed E-state index contributed by atoms with van der Waals surface area (Å²) in [5.74, 6) is 0.882. The predicted octanol–water partition coefficient (Wildman–Crippen LogP) is 3.85. The number of benzene rings is 1. The largest absolute Gasteiger partial charge is 0.381 e. The van der Waals surface area contributed by atoms with Crippen molar-refractivity contribution in [2.24, 2.45) is 4.99 Å². The molecular formula is C19H30BrN3O. The Balaban J connectivity index is 2.24. The predicted molar refractivity (Wildman–Crippen MR) is 105 cm³/mol. The molecule has 0 amide bonds. The standard InChI is InChI=1S/C19H30BrN3O/c1-5-21-17(23-18(2,3)4)22-14-19(10-12-24-13-11-19)15-6-8-16(20)9-7-15/h6-9H,5,10-14H2,1-4H3,(H2,21,22,23). The van der Waals surface area contributed by atoms with Crippen LogP contribution < -0.4 is 10.6 Å². The first kappa shape index (κ1) is 19.3. The average Bonchev–Trinajstić information content (AvgIpc) is 2.53. The summed E-state index contributed by atoms with van der Waals surface area (Å²) in [6.07, 6.45) is 2.01. The SMILES string of the molecule is CCNC(=NCC1(c2ccc(Br)cc2)CCOCC1)NC(C)(C)C. The van der Waals surface area contributed by atoms with E-state index in [0.29, 0.717) is 0 Å². The lowest BCUT2D eigenvalue weighted by atomic mass is 9.74. The summed E-state index contributed by atoms with van der Waals surface area (Å²) in [6, 6.07) is 8.67. The number of halogens is 1. The molecule has 1 aliphatic rings. The number of rotatable bonds is 4. The van der Waals surface area contributed by atoms with Gasteiger partial charge in [0.2, 0.25) is 0 Å². The van der Waals surface area contributed by atoms with Gasteiger partial charge in [0, 0.05) is 35.2 Å². The molecule has 1 fully saturated rings. The maximum Gasteiger partial charge on any atom is 0.191 e. The molecule has 0 bridgehead atoms. The average molecular weight is 396 g/mol. The number of hydrogen-bond acceptors (Lipinski definition) is 2. The minimum atomic E-state index is -0.0124. The van der Waals surface area contributed by atoms with Crippen LogP contribution >= 0.6 is 15.9 Å². The molecule has 1 aromatic carbocycles. The van der Waals surface area contributed by atoms with Crippen LogP contribution in [0.15, 0.2) is 33.7 Å². The Hall–Kier alpha value is -1.07. The molecule has 4 nitrogen and oxygen atoms in total. The first-order chi connectivity index (χ1) is 11.3. The van der Waals surface area contributed by atoms with Crippen LogP contribution in [0.5, 0.6) is 0 Å². The maximum absolute atomic E-state index is 5.62. The number of aliphatic imine (C=N–C) groups is 1. The molecule has 2 N–H and O–H groups in total. The fourth-order valence-corrected chi connectivity index (χ4v) is 3.26. The van der Waals surface area contributed by atoms with Crippen LogP contribution in [0.1, 0.15) is 46.1 Å². The van der Waals surface area contributed by atoms with Crippen molar-refractivity contribution in [1.29, 1.82) is 0 Å². The molecule has 1 heterocycles. The number of hydrogen-bond donors (Lipinski definition) is 2. The Morgan fingerprint density at radius 3 is 2.38 bits per heavy atom. The normalized spacial score (nSPS) is 18.3. The van der Waals surface area contributed by atoms with Crippen LogP contribution in [0.2, 0.25) is 0 Å². The van der Waals surface area contributed by atoms with Crippen LogP contribution in [0.3, 0.4) is 0 Å². The van der Waals surface area contributed by atoms with Crippen molar-refractivity contribution in [3.63, 3.8) is 0 Å². The quantitative estimate of drug-likeness (QED) is 0.600. The highest BCUT2D eigenvalue weighted by molar-refractivity contribution is 9.10. The molecule has 134 valence electrons.